The lowest BCUT2D eigenvalue weighted by molar-refractivity contribution is 0.102. The van der Waals surface area contributed by atoms with Crippen LogP contribution in [0.5, 0.6) is 5.75 Å². The number of anilines is 1. The number of amides is 1. The Kier molecular flexibility index (Phi) is 6.71. The van der Waals surface area contributed by atoms with E-state index in [0.717, 1.165) is 17.8 Å². The molecule has 1 N–H and O–H groups in total. The molecule has 1 unspecified atom stereocenters. The van der Waals surface area contributed by atoms with Crippen LogP contribution in [0.4, 0.5) is 9.52 Å². The largest absolute Gasteiger partial charge is 0.494 e. The number of pyridine rings is 2. The van der Waals surface area contributed by atoms with E-state index in [9.17, 15) is 9.18 Å². The maximum absolute atomic E-state index is 14.3. The van der Waals surface area contributed by atoms with Crippen molar-refractivity contribution in [3.63, 3.8) is 0 Å². The van der Waals surface area contributed by atoms with Gasteiger partial charge in [-0.15, -0.1) is 11.8 Å². The first-order valence-electron chi connectivity index (χ1n) is 9.33. The molecule has 4 rings (SSSR count). The van der Waals surface area contributed by atoms with Crippen molar-refractivity contribution in [3.8, 4) is 16.9 Å². The Labute approximate surface area is 191 Å². The molecule has 1 aliphatic heterocycles. The maximum Gasteiger partial charge on any atom is 0.259 e. The lowest BCUT2D eigenvalue weighted by Crippen LogP contribution is -2.14. The molecular formula is C20H18ClFN4O3S2. The average Bonchev–Trinajstić information content (AvgIpc) is 3.37. The van der Waals surface area contributed by atoms with Crippen LogP contribution in [0, 0.1) is 12.9 Å². The van der Waals surface area contributed by atoms with Crippen LogP contribution in [-0.2, 0) is 4.74 Å². The Bertz CT molecular complexity index is 1120. The van der Waals surface area contributed by atoms with Crippen molar-refractivity contribution < 1.29 is 18.7 Å². The van der Waals surface area contributed by atoms with E-state index in [0.29, 0.717) is 40.0 Å². The number of carbonyl (C=O) groups excluding carboxylic acids is 1. The number of hydrogen-bond donors (Lipinski definition) is 1. The number of methoxy groups -OCH3 is 1. The Hall–Kier alpha value is -2.27. The number of aromatic nitrogens is 3. The minimum absolute atomic E-state index is 0.176. The smallest absolute Gasteiger partial charge is 0.259 e. The highest BCUT2D eigenvalue weighted by molar-refractivity contribution is 8.01. The van der Waals surface area contributed by atoms with Crippen molar-refractivity contribution in [2.24, 2.45) is 0 Å². The Morgan fingerprint density at radius 3 is 2.94 bits per heavy atom. The van der Waals surface area contributed by atoms with Crippen molar-refractivity contribution in [3.05, 3.63) is 46.9 Å². The van der Waals surface area contributed by atoms with Crippen LogP contribution in [0.3, 0.4) is 0 Å². The van der Waals surface area contributed by atoms with Crippen LogP contribution >= 0.6 is 34.7 Å². The number of halogens is 2. The van der Waals surface area contributed by atoms with Crippen LogP contribution in [0.1, 0.15) is 22.5 Å². The van der Waals surface area contributed by atoms with Crippen molar-refractivity contribution in [1.82, 2.24) is 15.0 Å². The monoisotopic (exact) mass is 480 g/mol. The van der Waals surface area contributed by atoms with Crippen LogP contribution in [0.15, 0.2) is 28.7 Å². The second-order valence-electron chi connectivity index (χ2n) is 6.73. The van der Waals surface area contributed by atoms with E-state index in [1.807, 2.05) is 6.92 Å². The summed E-state index contributed by atoms with van der Waals surface area (Å²) in [5.74, 6) is -0.601. The SMILES string of the molecule is COc1cnc(Cl)cc1-c1cc(C)ncc1C(=O)Nc1nc(F)c(SC2CCOC2)s1. The molecule has 7 nitrogen and oxygen atoms in total. The molecule has 4 heterocycles. The van der Waals surface area contributed by atoms with Gasteiger partial charge in [-0.2, -0.15) is 9.37 Å². The summed E-state index contributed by atoms with van der Waals surface area (Å²) >= 11 is 8.55. The molecule has 1 aliphatic rings. The van der Waals surface area contributed by atoms with Crippen molar-refractivity contribution in [2.45, 2.75) is 22.8 Å². The fourth-order valence-corrected chi connectivity index (χ4v) is 5.48. The second-order valence-corrected chi connectivity index (χ2v) is 9.69. The highest BCUT2D eigenvalue weighted by Crippen LogP contribution is 2.38. The summed E-state index contributed by atoms with van der Waals surface area (Å²) in [7, 11) is 1.51. The Morgan fingerprint density at radius 2 is 2.19 bits per heavy atom. The first-order valence-corrected chi connectivity index (χ1v) is 11.4. The molecule has 1 atom stereocenters. The highest BCUT2D eigenvalue weighted by atomic mass is 35.5. The number of rotatable bonds is 6. The third-order valence-corrected chi connectivity index (χ3v) is 7.14. The van der Waals surface area contributed by atoms with Crippen LogP contribution < -0.4 is 10.1 Å². The molecule has 0 bridgehead atoms. The van der Waals surface area contributed by atoms with Crippen molar-refractivity contribution >= 4 is 45.7 Å². The van der Waals surface area contributed by atoms with Crippen LogP contribution in [0.2, 0.25) is 5.15 Å². The normalized spacial score (nSPS) is 15.8. The topological polar surface area (TPSA) is 86.2 Å². The molecule has 11 heteroatoms. The first-order chi connectivity index (χ1) is 14.9. The van der Waals surface area contributed by atoms with Gasteiger partial charge in [-0.1, -0.05) is 22.9 Å². The van der Waals surface area contributed by atoms with Crippen LogP contribution in [0.25, 0.3) is 11.1 Å². The lowest BCUT2D eigenvalue weighted by Gasteiger charge is -2.13. The summed E-state index contributed by atoms with van der Waals surface area (Å²) in [6.07, 6.45) is 3.81. The number of nitrogens with zero attached hydrogens (tertiary/aromatic N) is 3. The van der Waals surface area contributed by atoms with Gasteiger partial charge in [-0.05, 0) is 25.5 Å². The summed E-state index contributed by atoms with van der Waals surface area (Å²) in [5.41, 5.74) is 2.15. The average molecular weight is 481 g/mol. The quantitative estimate of drug-likeness (QED) is 0.505. The van der Waals surface area contributed by atoms with E-state index in [-0.39, 0.29) is 21.1 Å². The molecule has 162 valence electrons. The summed E-state index contributed by atoms with van der Waals surface area (Å²) in [5, 5.41) is 3.31. The predicted molar refractivity (Wildman–Crippen MR) is 119 cm³/mol. The standard InChI is InChI=1S/C20H18ClFN4O3S2/c1-10-5-12(13-6-16(21)24-8-15(13)28-2)14(7-23-10)18(27)26-20-25-17(22)19(31-20)30-11-3-4-29-9-11/h5-8,11H,3-4,9H2,1-2H3,(H,25,26,27). The minimum Gasteiger partial charge on any atom is -0.494 e. The van der Waals surface area contributed by atoms with E-state index in [2.05, 4.69) is 20.3 Å². The van der Waals surface area contributed by atoms with E-state index in [1.165, 1.54) is 31.3 Å². The van der Waals surface area contributed by atoms with E-state index in [1.54, 1.807) is 12.1 Å². The third kappa shape index (κ3) is 4.98. The number of aryl methyl sites for hydroxylation is 1. The minimum atomic E-state index is -0.595. The van der Waals surface area contributed by atoms with Gasteiger partial charge >= 0.3 is 0 Å². The summed E-state index contributed by atoms with van der Waals surface area (Å²) < 4.78 is 25.4. The van der Waals surface area contributed by atoms with Gasteiger partial charge in [0.1, 0.15) is 15.1 Å². The molecule has 0 saturated carbocycles. The number of carbonyl (C=O) groups is 1. The summed E-state index contributed by atoms with van der Waals surface area (Å²) in [6.45, 7) is 3.07. The molecular weight excluding hydrogens is 463 g/mol. The van der Waals surface area contributed by atoms with Gasteiger partial charge < -0.3 is 9.47 Å². The number of hydrogen-bond acceptors (Lipinski definition) is 8. The van der Waals surface area contributed by atoms with Gasteiger partial charge in [0, 0.05) is 34.9 Å². The second kappa shape index (κ2) is 9.47. The van der Waals surface area contributed by atoms with E-state index >= 15 is 0 Å². The predicted octanol–water partition coefficient (Wildman–Crippen LogP) is 4.84. The van der Waals surface area contributed by atoms with Crippen LogP contribution in [-0.4, -0.2) is 46.4 Å². The molecule has 0 spiro atoms. The van der Waals surface area contributed by atoms with Gasteiger partial charge in [0.15, 0.2) is 5.13 Å². The number of nitrogens with one attached hydrogen (secondary N) is 1. The molecule has 1 fully saturated rings. The summed E-state index contributed by atoms with van der Waals surface area (Å²) in [4.78, 5) is 25.2. The molecule has 0 radical (unpaired) electrons. The zero-order valence-corrected chi connectivity index (χ0v) is 19.0. The molecule has 31 heavy (non-hydrogen) atoms. The van der Waals surface area contributed by atoms with Crippen molar-refractivity contribution in [1.29, 1.82) is 0 Å². The van der Waals surface area contributed by atoms with Gasteiger partial charge in [-0.25, -0.2) is 4.98 Å². The zero-order chi connectivity index (χ0) is 22.0. The number of thioether (sulfide) groups is 1. The highest BCUT2D eigenvalue weighted by Gasteiger charge is 2.23. The molecule has 0 aliphatic carbocycles. The fraction of sp³-hybridized carbons (Fsp3) is 0.300. The maximum atomic E-state index is 14.3. The molecule has 0 aromatic carbocycles. The molecule has 1 amide bonds. The number of thiazole rings is 1. The lowest BCUT2D eigenvalue weighted by atomic mass is 10.0. The first kappa shape index (κ1) is 21.9. The third-order valence-electron chi connectivity index (χ3n) is 4.57. The van der Waals surface area contributed by atoms with Gasteiger partial charge in [0.2, 0.25) is 5.95 Å². The molecule has 3 aromatic rings. The molecule has 1 saturated heterocycles. The Morgan fingerprint density at radius 1 is 1.35 bits per heavy atom. The summed E-state index contributed by atoms with van der Waals surface area (Å²) in [6, 6.07) is 3.38. The van der Waals surface area contributed by atoms with Gasteiger partial charge in [-0.3, -0.25) is 15.1 Å². The van der Waals surface area contributed by atoms with Gasteiger partial charge in [0.25, 0.3) is 5.91 Å². The zero-order valence-electron chi connectivity index (χ0n) is 16.6. The van der Waals surface area contributed by atoms with E-state index < -0.39 is 11.9 Å². The van der Waals surface area contributed by atoms with Crippen molar-refractivity contribution in [2.75, 3.05) is 25.6 Å². The fourth-order valence-electron chi connectivity index (χ4n) is 3.09. The van der Waals surface area contributed by atoms with Gasteiger partial charge in [0.05, 0.1) is 25.5 Å². The molecule has 3 aromatic heterocycles. The number of ether oxygens (including phenoxy) is 2. The Balaban J connectivity index is 1.62. The van der Waals surface area contributed by atoms with E-state index in [4.69, 9.17) is 21.1 Å².